The molecule has 1 N–H and O–H groups in total. The highest BCUT2D eigenvalue weighted by Gasteiger charge is 2.01. The molecule has 1 heterocycles. The predicted molar refractivity (Wildman–Crippen MR) is 62.2 cm³/mol. The van der Waals surface area contributed by atoms with E-state index < -0.39 is 0 Å². The molecule has 0 bridgehead atoms. The number of anilines is 1. The van der Waals surface area contributed by atoms with Gasteiger partial charge in [-0.15, -0.1) is 0 Å². The van der Waals surface area contributed by atoms with Gasteiger partial charge < -0.3 is 10.1 Å². The van der Waals surface area contributed by atoms with Gasteiger partial charge in [-0.25, -0.2) is 4.98 Å². The summed E-state index contributed by atoms with van der Waals surface area (Å²) < 4.78 is 4.53. The molecule has 0 atom stereocenters. The third-order valence-electron chi connectivity index (χ3n) is 2.27. The Kier molecular flexibility index (Phi) is 3.00. The second kappa shape index (κ2) is 4.61. The summed E-state index contributed by atoms with van der Waals surface area (Å²) in [4.78, 5) is 15.1. The summed E-state index contributed by atoms with van der Waals surface area (Å²) in [5.41, 5.74) is 0. The van der Waals surface area contributed by atoms with Gasteiger partial charge in [-0.2, -0.15) is 0 Å². The SMILES string of the molecule is COC(=O)CNc1cc2ccccc2cn1. The van der Waals surface area contributed by atoms with Crippen molar-refractivity contribution in [2.45, 2.75) is 0 Å². The van der Waals surface area contributed by atoms with Crippen molar-refractivity contribution in [3.63, 3.8) is 0 Å². The van der Waals surface area contributed by atoms with Crippen molar-refractivity contribution >= 4 is 22.6 Å². The Balaban J connectivity index is 2.16. The van der Waals surface area contributed by atoms with Gasteiger partial charge in [-0.05, 0) is 11.5 Å². The molecule has 16 heavy (non-hydrogen) atoms. The molecule has 0 saturated heterocycles. The lowest BCUT2D eigenvalue weighted by molar-refractivity contribution is -0.138. The fourth-order valence-corrected chi connectivity index (χ4v) is 1.42. The number of carbonyl (C=O) groups is 1. The van der Waals surface area contributed by atoms with Crippen LogP contribution in [0.15, 0.2) is 36.5 Å². The standard InChI is InChI=1S/C12H12N2O2/c1-16-12(15)8-14-11-6-9-4-2-3-5-10(9)7-13-11/h2-7H,8H2,1H3,(H,13,14). The maximum absolute atomic E-state index is 10.9. The highest BCUT2D eigenvalue weighted by atomic mass is 16.5. The maximum atomic E-state index is 10.9. The van der Waals surface area contributed by atoms with E-state index in [0.717, 1.165) is 10.8 Å². The summed E-state index contributed by atoms with van der Waals surface area (Å²) in [6, 6.07) is 9.82. The Hall–Kier alpha value is -2.10. The molecule has 0 radical (unpaired) electrons. The second-order valence-corrected chi connectivity index (χ2v) is 3.35. The Morgan fingerprint density at radius 3 is 2.88 bits per heavy atom. The number of methoxy groups -OCH3 is 1. The highest BCUT2D eigenvalue weighted by molar-refractivity contribution is 5.84. The fraction of sp³-hybridized carbons (Fsp3) is 0.167. The van der Waals surface area contributed by atoms with Crippen molar-refractivity contribution in [2.24, 2.45) is 0 Å². The van der Waals surface area contributed by atoms with Crippen LogP contribution >= 0.6 is 0 Å². The van der Waals surface area contributed by atoms with Gasteiger partial charge in [0.25, 0.3) is 0 Å². The van der Waals surface area contributed by atoms with Gasteiger partial charge in [0.15, 0.2) is 0 Å². The second-order valence-electron chi connectivity index (χ2n) is 3.35. The third kappa shape index (κ3) is 2.28. The van der Waals surface area contributed by atoms with Gasteiger partial charge in [-0.1, -0.05) is 24.3 Å². The van der Waals surface area contributed by atoms with Crippen molar-refractivity contribution in [1.29, 1.82) is 0 Å². The number of nitrogens with one attached hydrogen (secondary N) is 1. The van der Waals surface area contributed by atoms with Crippen LogP contribution in [0, 0.1) is 0 Å². The normalized spacial score (nSPS) is 10.1. The summed E-state index contributed by atoms with van der Waals surface area (Å²) in [5, 5.41) is 5.06. The van der Waals surface area contributed by atoms with E-state index in [0.29, 0.717) is 5.82 Å². The number of fused-ring (bicyclic) bond motifs is 1. The zero-order valence-corrected chi connectivity index (χ0v) is 8.93. The molecule has 0 spiro atoms. The van der Waals surface area contributed by atoms with E-state index >= 15 is 0 Å². The molecule has 0 unspecified atom stereocenters. The molecule has 4 heteroatoms. The Morgan fingerprint density at radius 2 is 2.12 bits per heavy atom. The summed E-state index contributed by atoms with van der Waals surface area (Å²) >= 11 is 0. The van der Waals surface area contributed by atoms with Crippen LogP contribution in [0.2, 0.25) is 0 Å². The topological polar surface area (TPSA) is 51.2 Å². The Morgan fingerprint density at radius 1 is 1.38 bits per heavy atom. The molecule has 0 aliphatic carbocycles. The van der Waals surface area contributed by atoms with Crippen LogP contribution in [0.3, 0.4) is 0 Å². The lowest BCUT2D eigenvalue weighted by Crippen LogP contribution is -2.15. The highest BCUT2D eigenvalue weighted by Crippen LogP contribution is 2.15. The number of benzene rings is 1. The Labute approximate surface area is 93.3 Å². The Bertz CT molecular complexity index is 511. The number of hydrogen-bond acceptors (Lipinski definition) is 4. The summed E-state index contributed by atoms with van der Waals surface area (Å²) in [7, 11) is 1.36. The van der Waals surface area contributed by atoms with Crippen molar-refractivity contribution in [3.05, 3.63) is 36.5 Å². The number of ether oxygens (including phenoxy) is 1. The molecular weight excluding hydrogens is 204 g/mol. The molecule has 1 aromatic carbocycles. The fourth-order valence-electron chi connectivity index (χ4n) is 1.42. The van der Waals surface area contributed by atoms with Crippen LogP contribution in [0.25, 0.3) is 10.8 Å². The first-order valence-electron chi connectivity index (χ1n) is 4.95. The molecule has 2 rings (SSSR count). The molecule has 4 nitrogen and oxygen atoms in total. The van der Waals surface area contributed by atoms with Crippen LogP contribution in [0.4, 0.5) is 5.82 Å². The van der Waals surface area contributed by atoms with Crippen LogP contribution in [0.5, 0.6) is 0 Å². The monoisotopic (exact) mass is 216 g/mol. The van der Waals surface area contributed by atoms with Gasteiger partial charge in [0.1, 0.15) is 12.4 Å². The lowest BCUT2D eigenvalue weighted by atomic mass is 10.2. The summed E-state index contributed by atoms with van der Waals surface area (Å²) in [5.74, 6) is 0.360. The molecule has 1 aromatic heterocycles. The average Bonchev–Trinajstić information content (AvgIpc) is 2.35. The molecule has 0 saturated carbocycles. The average molecular weight is 216 g/mol. The van der Waals surface area contributed by atoms with Gasteiger partial charge >= 0.3 is 5.97 Å². The quantitative estimate of drug-likeness (QED) is 0.795. The minimum atomic E-state index is -0.310. The largest absolute Gasteiger partial charge is 0.468 e. The van der Waals surface area contributed by atoms with Crippen molar-refractivity contribution in [3.8, 4) is 0 Å². The van der Waals surface area contributed by atoms with E-state index in [1.165, 1.54) is 7.11 Å². The third-order valence-corrected chi connectivity index (χ3v) is 2.27. The van der Waals surface area contributed by atoms with E-state index in [1.54, 1.807) is 6.20 Å². The maximum Gasteiger partial charge on any atom is 0.325 e. The van der Waals surface area contributed by atoms with E-state index in [4.69, 9.17) is 0 Å². The number of carbonyl (C=O) groups excluding carboxylic acids is 1. The van der Waals surface area contributed by atoms with E-state index in [1.807, 2.05) is 30.3 Å². The first-order chi connectivity index (χ1) is 7.79. The number of esters is 1. The molecule has 0 fully saturated rings. The number of pyridine rings is 1. The number of aromatic nitrogens is 1. The molecule has 0 aliphatic rings. The number of nitrogens with zero attached hydrogens (tertiary/aromatic N) is 1. The predicted octanol–water partition coefficient (Wildman–Crippen LogP) is 1.82. The van der Waals surface area contributed by atoms with Gasteiger partial charge in [-0.3, -0.25) is 4.79 Å². The minimum Gasteiger partial charge on any atom is -0.468 e. The first kappa shape index (κ1) is 10.4. The first-order valence-corrected chi connectivity index (χ1v) is 4.95. The molecular formula is C12H12N2O2. The van der Waals surface area contributed by atoms with Crippen molar-refractivity contribution < 1.29 is 9.53 Å². The van der Waals surface area contributed by atoms with Gasteiger partial charge in [0.05, 0.1) is 7.11 Å². The van der Waals surface area contributed by atoms with E-state index in [2.05, 4.69) is 15.0 Å². The summed E-state index contributed by atoms with van der Waals surface area (Å²) in [6.45, 7) is 0.127. The van der Waals surface area contributed by atoms with E-state index in [9.17, 15) is 4.79 Å². The van der Waals surface area contributed by atoms with Crippen LogP contribution in [0.1, 0.15) is 0 Å². The number of rotatable bonds is 3. The van der Waals surface area contributed by atoms with Gasteiger partial charge in [0.2, 0.25) is 0 Å². The molecule has 0 aliphatic heterocycles. The molecule has 82 valence electrons. The van der Waals surface area contributed by atoms with E-state index in [-0.39, 0.29) is 12.5 Å². The van der Waals surface area contributed by atoms with Crippen molar-refractivity contribution in [1.82, 2.24) is 4.98 Å². The minimum absolute atomic E-state index is 0.127. The van der Waals surface area contributed by atoms with Crippen molar-refractivity contribution in [2.75, 3.05) is 19.0 Å². The van der Waals surface area contributed by atoms with Crippen LogP contribution in [-0.2, 0) is 9.53 Å². The number of hydrogen-bond donors (Lipinski definition) is 1. The van der Waals surface area contributed by atoms with Crippen LogP contribution in [-0.4, -0.2) is 24.6 Å². The molecule has 0 amide bonds. The zero-order chi connectivity index (χ0) is 11.4. The van der Waals surface area contributed by atoms with Crippen LogP contribution < -0.4 is 5.32 Å². The van der Waals surface area contributed by atoms with Gasteiger partial charge in [0, 0.05) is 11.6 Å². The zero-order valence-electron chi connectivity index (χ0n) is 8.93. The molecule has 2 aromatic rings. The summed E-state index contributed by atoms with van der Waals surface area (Å²) in [6.07, 6.45) is 1.77. The lowest BCUT2D eigenvalue weighted by Gasteiger charge is -2.05. The smallest absolute Gasteiger partial charge is 0.325 e.